The molecule has 0 bridgehead atoms. The molecule has 3 rings (SSSR count). The molecule has 0 aliphatic heterocycles. The molecule has 0 saturated heterocycles. The summed E-state index contributed by atoms with van der Waals surface area (Å²) in [4.78, 5) is 24.0. The van der Waals surface area contributed by atoms with Crippen molar-refractivity contribution < 1.29 is 9.59 Å². The highest BCUT2D eigenvalue weighted by Gasteiger charge is 2.29. The van der Waals surface area contributed by atoms with E-state index in [0.29, 0.717) is 19.4 Å². The minimum Gasteiger partial charge on any atom is -0.356 e. The Kier molecular flexibility index (Phi) is 6.42. The quantitative estimate of drug-likeness (QED) is 0.681. The number of carbonyl (C=O) groups excluding carboxylic acids is 2. The van der Waals surface area contributed by atoms with Gasteiger partial charge in [-0.2, -0.15) is 0 Å². The molecule has 0 aromatic heterocycles. The topological polar surface area (TPSA) is 58.2 Å². The first-order valence-electron chi connectivity index (χ1n) is 9.38. The predicted molar refractivity (Wildman–Crippen MR) is 102 cm³/mol. The van der Waals surface area contributed by atoms with E-state index in [2.05, 4.69) is 22.8 Å². The highest BCUT2D eigenvalue weighted by Crippen LogP contribution is 2.28. The highest BCUT2D eigenvalue weighted by atomic mass is 16.2. The molecule has 2 aromatic rings. The summed E-state index contributed by atoms with van der Waals surface area (Å²) in [7, 11) is 0. The second-order valence-corrected chi connectivity index (χ2v) is 6.89. The molecule has 26 heavy (non-hydrogen) atoms. The van der Waals surface area contributed by atoms with Crippen LogP contribution in [-0.2, 0) is 16.0 Å². The summed E-state index contributed by atoms with van der Waals surface area (Å²) in [6.45, 7) is 0.567. The lowest BCUT2D eigenvalue weighted by molar-refractivity contribution is -0.123. The molecule has 2 amide bonds. The Bertz CT molecular complexity index is 711. The predicted octanol–water partition coefficient (Wildman–Crippen LogP) is 3.39. The summed E-state index contributed by atoms with van der Waals surface area (Å²) in [6, 6.07) is 20.2. The average molecular weight is 350 g/mol. The van der Waals surface area contributed by atoms with Crippen molar-refractivity contribution in [3.63, 3.8) is 0 Å². The van der Waals surface area contributed by atoms with Crippen LogP contribution >= 0.6 is 0 Å². The summed E-state index contributed by atoms with van der Waals surface area (Å²) in [6.07, 6.45) is 3.85. The van der Waals surface area contributed by atoms with E-state index in [0.717, 1.165) is 24.8 Å². The van der Waals surface area contributed by atoms with E-state index in [9.17, 15) is 9.59 Å². The molecule has 0 spiro atoms. The lowest BCUT2D eigenvalue weighted by Crippen LogP contribution is -2.31. The Balaban J connectivity index is 1.51. The van der Waals surface area contributed by atoms with E-state index in [1.807, 2.05) is 48.5 Å². The molecule has 0 radical (unpaired) electrons. The van der Waals surface area contributed by atoms with Gasteiger partial charge in [0.2, 0.25) is 11.8 Å². The summed E-state index contributed by atoms with van der Waals surface area (Å²) in [5.74, 6) is 0.379. The Hall–Kier alpha value is -2.62. The number of hydrogen-bond acceptors (Lipinski definition) is 2. The number of benzene rings is 2. The third-order valence-corrected chi connectivity index (χ3v) is 4.65. The van der Waals surface area contributed by atoms with Crippen LogP contribution in [0.2, 0.25) is 0 Å². The van der Waals surface area contributed by atoms with Crippen molar-refractivity contribution in [1.29, 1.82) is 0 Å². The number of rotatable bonds is 9. The third-order valence-electron chi connectivity index (χ3n) is 4.65. The maximum Gasteiger partial charge on any atom is 0.223 e. The first-order valence-corrected chi connectivity index (χ1v) is 9.38. The van der Waals surface area contributed by atoms with Gasteiger partial charge in [-0.15, -0.1) is 0 Å². The van der Waals surface area contributed by atoms with Gasteiger partial charge in [-0.3, -0.25) is 9.59 Å². The molecular formula is C22H26N2O2. The smallest absolute Gasteiger partial charge is 0.223 e. The standard InChI is InChI=1S/C22H26N2O2/c25-21(12-7-15-23-22(26)19-13-14-19)24-20(18-10-5-2-6-11-18)16-17-8-3-1-4-9-17/h1-6,8-11,19-20H,7,12-16H2,(H,23,26)(H,24,25). The number of hydrogen-bond donors (Lipinski definition) is 2. The second kappa shape index (κ2) is 9.18. The maximum absolute atomic E-state index is 12.4. The SMILES string of the molecule is O=C(CCCNC(=O)C1CC1)NC(Cc1ccccc1)c1ccccc1. The van der Waals surface area contributed by atoms with E-state index < -0.39 is 0 Å². The number of carbonyl (C=O) groups is 2. The highest BCUT2D eigenvalue weighted by molar-refractivity contribution is 5.81. The molecule has 1 aliphatic carbocycles. The van der Waals surface area contributed by atoms with E-state index in [1.165, 1.54) is 5.56 Å². The molecule has 4 nitrogen and oxygen atoms in total. The molecule has 0 heterocycles. The molecule has 2 N–H and O–H groups in total. The zero-order valence-corrected chi connectivity index (χ0v) is 15.0. The molecular weight excluding hydrogens is 324 g/mol. The molecule has 1 unspecified atom stereocenters. The van der Waals surface area contributed by atoms with Crippen LogP contribution in [0.1, 0.15) is 42.9 Å². The number of nitrogens with one attached hydrogen (secondary N) is 2. The Morgan fingerprint density at radius 2 is 1.62 bits per heavy atom. The molecule has 1 fully saturated rings. The Morgan fingerprint density at radius 1 is 0.962 bits per heavy atom. The van der Waals surface area contributed by atoms with Gasteiger partial charge >= 0.3 is 0 Å². The average Bonchev–Trinajstić information content (AvgIpc) is 3.51. The van der Waals surface area contributed by atoms with Crippen molar-refractivity contribution >= 4 is 11.8 Å². The molecule has 1 saturated carbocycles. The van der Waals surface area contributed by atoms with Crippen molar-refractivity contribution in [1.82, 2.24) is 10.6 Å². The van der Waals surface area contributed by atoms with Gasteiger partial charge < -0.3 is 10.6 Å². The normalized spacial score (nSPS) is 14.5. The minimum atomic E-state index is -0.0489. The van der Waals surface area contributed by atoms with Crippen molar-refractivity contribution in [2.24, 2.45) is 5.92 Å². The van der Waals surface area contributed by atoms with Gasteiger partial charge in [0, 0.05) is 18.9 Å². The van der Waals surface area contributed by atoms with Crippen LogP contribution in [0.3, 0.4) is 0 Å². The van der Waals surface area contributed by atoms with Crippen LogP contribution in [-0.4, -0.2) is 18.4 Å². The lowest BCUT2D eigenvalue weighted by Gasteiger charge is -2.19. The largest absolute Gasteiger partial charge is 0.356 e. The van der Waals surface area contributed by atoms with E-state index in [1.54, 1.807) is 0 Å². The van der Waals surface area contributed by atoms with Crippen LogP contribution in [0, 0.1) is 5.92 Å². The second-order valence-electron chi connectivity index (χ2n) is 6.89. The van der Waals surface area contributed by atoms with Gasteiger partial charge in [0.15, 0.2) is 0 Å². The first kappa shape index (κ1) is 18.2. The summed E-state index contributed by atoms with van der Waals surface area (Å²) in [5.41, 5.74) is 2.30. The summed E-state index contributed by atoms with van der Waals surface area (Å²) < 4.78 is 0. The Labute approximate surface area is 155 Å². The molecule has 1 atom stereocenters. The monoisotopic (exact) mass is 350 g/mol. The molecule has 1 aliphatic rings. The van der Waals surface area contributed by atoms with Gasteiger partial charge in [0.05, 0.1) is 6.04 Å². The summed E-state index contributed by atoms with van der Waals surface area (Å²) in [5, 5.41) is 6.06. The van der Waals surface area contributed by atoms with E-state index >= 15 is 0 Å². The molecule has 136 valence electrons. The van der Waals surface area contributed by atoms with Gasteiger partial charge in [0.1, 0.15) is 0 Å². The fourth-order valence-corrected chi connectivity index (χ4v) is 3.00. The van der Waals surface area contributed by atoms with E-state index in [-0.39, 0.29) is 23.8 Å². The van der Waals surface area contributed by atoms with Gasteiger partial charge in [-0.25, -0.2) is 0 Å². The van der Waals surface area contributed by atoms with Crippen molar-refractivity contribution in [2.45, 2.75) is 38.1 Å². The fourth-order valence-electron chi connectivity index (χ4n) is 3.00. The Morgan fingerprint density at radius 3 is 2.27 bits per heavy atom. The maximum atomic E-state index is 12.4. The first-order chi connectivity index (χ1) is 12.7. The van der Waals surface area contributed by atoms with Crippen LogP contribution in [0.4, 0.5) is 0 Å². The van der Waals surface area contributed by atoms with Crippen molar-refractivity contribution in [2.75, 3.05) is 6.54 Å². The minimum absolute atomic E-state index is 0.0236. The van der Waals surface area contributed by atoms with Crippen LogP contribution in [0.5, 0.6) is 0 Å². The van der Waals surface area contributed by atoms with Crippen molar-refractivity contribution in [3.8, 4) is 0 Å². The van der Waals surface area contributed by atoms with Gasteiger partial charge in [-0.05, 0) is 36.8 Å². The molecule has 2 aromatic carbocycles. The van der Waals surface area contributed by atoms with Crippen LogP contribution < -0.4 is 10.6 Å². The summed E-state index contributed by atoms with van der Waals surface area (Å²) >= 11 is 0. The number of amides is 2. The third kappa shape index (κ3) is 5.73. The van der Waals surface area contributed by atoms with Gasteiger partial charge in [-0.1, -0.05) is 60.7 Å². The van der Waals surface area contributed by atoms with Crippen molar-refractivity contribution in [3.05, 3.63) is 71.8 Å². The zero-order valence-electron chi connectivity index (χ0n) is 15.0. The zero-order chi connectivity index (χ0) is 18.2. The van der Waals surface area contributed by atoms with Crippen LogP contribution in [0.15, 0.2) is 60.7 Å². The fraction of sp³-hybridized carbons (Fsp3) is 0.364. The van der Waals surface area contributed by atoms with Crippen LogP contribution in [0.25, 0.3) is 0 Å². The molecule has 4 heteroatoms. The van der Waals surface area contributed by atoms with Gasteiger partial charge in [0.25, 0.3) is 0 Å². The lowest BCUT2D eigenvalue weighted by atomic mass is 9.98. The van der Waals surface area contributed by atoms with E-state index in [4.69, 9.17) is 0 Å².